The SMILES string of the molecule is CC(=O)OCCOCCOCCOCCOS(=O)(=O)c1ccc(C)cc1. The fourth-order valence-corrected chi connectivity index (χ4v) is 2.65. The number of benzene rings is 1. The van der Waals surface area contributed by atoms with E-state index in [0.29, 0.717) is 33.0 Å². The molecule has 0 atom stereocenters. The second-order valence-corrected chi connectivity index (χ2v) is 6.88. The number of esters is 1. The lowest BCUT2D eigenvalue weighted by Crippen LogP contribution is -2.15. The Kier molecular flexibility index (Phi) is 11.1. The number of hydrogen-bond donors (Lipinski definition) is 0. The summed E-state index contributed by atoms with van der Waals surface area (Å²) in [6, 6.07) is 6.44. The average molecular weight is 390 g/mol. The van der Waals surface area contributed by atoms with Crippen LogP contribution in [0.4, 0.5) is 0 Å². The van der Waals surface area contributed by atoms with Crippen molar-refractivity contribution < 1.29 is 36.3 Å². The minimum absolute atomic E-state index is 0.0600. The number of carbonyl (C=O) groups excluding carboxylic acids is 1. The summed E-state index contributed by atoms with van der Waals surface area (Å²) in [7, 11) is -3.75. The maximum Gasteiger partial charge on any atom is 0.302 e. The van der Waals surface area contributed by atoms with Gasteiger partial charge < -0.3 is 18.9 Å². The van der Waals surface area contributed by atoms with Gasteiger partial charge in [-0.25, -0.2) is 0 Å². The van der Waals surface area contributed by atoms with Gasteiger partial charge in [-0.3, -0.25) is 8.98 Å². The molecule has 0 aromatic heterocycles. The van der Waals surface area contributed by atoms with Gasteiger partial charge in [-0.2, -0.15) is 8.42 Å². The summed E-state index contributed by atoms with van der Waals surface area (Å²) in [5.41, 5.74) is 0.974. The lowest BCUT2D eigenvalue weighted by Gasteiger charge is -2.08. The molecule has 0 aliphatic rings. The van der Waals surface area contributed by atoms with E-state index < -0.39 is 10.1 Å². The summed E-state index contributed by atoms with van der Waals surface area (Å²) >= 11 is 0. The predicted molar refractivity (Wildman–Crippen MR) is 93.4 cm³/mol. The zero-order valence-electron chi connectivity index (χ0n) is 15.1. The lowest BCUT2D eigenvalue weighted by atomic mass is 10.2. The van der Waals surface area contributed by atoms with E-state index in [-0.39, 0.29) is 30.7 Å². The van der Waals surface area contributed by atoms with Crippen LogP contribution in [0.2, 0.25) is 0 Å². The summed E-state index contributed by atoms with van der Waals surface area (Å²) in [4.78, 5) is 10.6. The summed E-state index contributed by atoms with van der Waals surface area (Å²) < 4.78 is 49.1. The van der Waals surface area contributed by atoms with Gasteiger partial charge in [-0.1, -0.05) is 17.7 Å². The number of rotatable bonds is 14. The van der Waals surface area contributed by atoms with Crippen LogP contribution in [0.15, 0.2) is 29.2 Å². The van der Waals surface area contributed by atoms with Crippen LogP contribution in [-0.2, 0) is 38.0 Å². The van der Waals surface area contributed by atoms with Gasteiger partial charge in [0.05, 0.1) is 51.1 Å². The van der Waals surface area contributed by atoms with Gasteiger partial charge in [-0.05, 0) is 19.1 Å². The van der Waals surface area contributed by atoms with Crippen LogP contribution >= 0.6 is 0 Å². The molecule has 8 nitrogen and oxygen atoms in total. The maximum atomic E-state index is 11.9. The first-order chi connectivity index (χ1) is 12.4. The first-order valence-electron chi connectivity index (χ1n) is 8.24. The maximum absolute atomic E-state index is 11.9. The molecule has 0 N–H and O–H groups in total. The molecule has 0 saturated carbocycles. The van der Waals surface area contributed by atoms with Crippen molar-refractivity contribution in [3.8, 4) is 0 Å². The Labute approximate surface area is 154 Å². The van der Waals surface area contributed by atoms with Crippen molar-refractivity contribution in [2.45, 2.75) is 18.7 Å². The molecule has 0 spiro atoms. The quantitative estimate of drug-likeness (QED) is 0.266. The van der Waals surface area contributed by atoms with Crippen LogP contribution in [0, 0.1) is 6.92 Å². The Hall–Kier alpha value is -1.52. The normalized spacial score (nSPS) is 11.5. The molecule has 148 valence electrons. The largest absolute Gasteiger partial charge is 0.463 e. The summed E-state index contributed by atoms with van der Waals surface area (Å²) in [6.07, 6.45) is 0. The highest BCUT2D eigenvalue weighted by Crippen LogP contribution is 2.12. The molecule has 0 radical (unpaired) electrons. The van der Waals surface area contributed by atoms with Crippen molar-refractivity contribution in [1.29, 1.82) is 0 Å². The third-order valence-electron chi connectivity index (χ3n) is 3.05. The van der Waals surface area contributed by atoms with E-state index >= 15 is 0 Å². The van der Waals surface area contributed by atoms with E-state index in [4.69, 9.17) is 23.1 Å². The van der Waals surface area contributed by atoms with Gasteiger partial charge in [0.15, 0.2) is 0 Å². The minimum atomic E-state index is -3.75. The smallest absolute Gasteiger partial charge is 0.302 e. The van der Waals surface area contributed by atoms with Crippen LogP contribution in [-0.4, -0.2) is 67.2 Å². The number of hydrogen-bond acceptors (Lipinski definition) is 8. The summed E-state index contributed by atoms with van der Waals surface area (Å²) in [5, 5.41) is 0. The second-order valence-electron chi connectivity index (χ2n) is 5.27. The van der Waals surface area contributed by atoms with Crippen molar-refractivity contribution in [1.82, 2.24) is 0 Å². The molecule has 1 aromatic carbocycles. The molecule has 1 rings (SSSR count). The van der Waals surface area contributed by atoms with E-state index in [1.165, 1.54) is 19.1 Å². The molecule has 0 bridgehead atoms. The second kappa shape index (κ2) is 12.8. The fraction of sp³-hybridized carbons (Fsp3) is 0.588. The highest BCUT2D eigenvalue weighted by molar-refractivity contribution is 7.86. The van der Waals surface area contributed by atoms with E-state index in [9.17, 15) is 13.2 Å². The number of aryl methyl sites for hydroxylation is 1. The average Bonchev–Trinajstić information content (AvgIpc) is 2.59. The van der Waals surface area contributed by atoms with Gasteiger partial charge in [-0.15, -0.1) is 0 Å². The molecule has 0 fully saturated rings. The topological polar surface area (TPSA) is 97.4 Å². The van der Waals surface area contributed by atoms with Gasteiger partial charge >= 0.3 is 5.97 Å². The standard InChI is InChI=1S/C17H26O8S/c1-15-3-5-17(6-4-15)26(19,20)25-14-12-23-10-8-21-7-9-22-11-13-24-16(2)18/h3-6H,7-14H2,1-2H3. The zero-order valence-corrected chi connectivity index (χ0v) is 16.0. The highest BCUT2D eigenvalue weighted by atomic mass is 32.2. The van der Waals surface area contributed by atoms with Crippen molar-refractivity contribution in [2.75, 3.05) is 52.9 Å². The van der Waals surface area contributed by atoms with Crippen molar-refractivity contribution in [3.63, 3.8) is 0 Å². The van der Waals surface area contributed by atoms with E-state index in [0.717, 1.165) is 5.56 Å². The van der Waals surface area contributed by atoms with Crippen molar-refractivity contribution in [2.24, 2.45) is 0 Å². The van der Waals surface area contributed by atoms with Gasteiger partial charge in [0, 0.05) is 6.92 Å². The van der Waals surface area contributed by atoms with Gasteiger partial charge in [0.1, 0.15) is 6.61 Å². The molecular weight excluding hydrogens is 364 g/mol. The Balaban J connectivity index is 1.96. The molecule has 0 unspecified atom stereocenters. The first kappa shape index (κ1) is 22.5. The Morgan fingerprint density at radius 1 is 0.808 bits per heavy atom. The minimum Gasteiger partial charge on any atom is -0.463 e. The Morgan fingerprint density at radius 3 is 1.77 bits per heavy atom. The van der Waals surface area contributed by atoms with E-state index in [2.05, 4.69) is 0 Å². The van der Waals surface area contributed by atoms with Gasteiger partial charge in [0.2, 0.25) is 0 Å². The molecule has 0 saturated heterocycles. The molecular formula is C17H26O8S. The molecule has 26 heavy (non-hydrogen) atoms. The predicted octanol–water partition coefficient (Wildman–Crippen LogP) is 1.31. The van der Waals surface area contributed by atoms with Crippen LogP contribution in [0.1, 0.15) is 12.5 Å². The zero-order chi connectivity index (χ0) is 19.3. The Morgan fingerprint density at radius 2 is 1.27 bits per heavy atom. The molecule has 9 heteroatoms. The van der Waals surface area contributed by atoms with Gasteiger partial charge in [0.25, 0.3) is 10.1 Å². The first-order valence-corrected chi connectivity index (χ1v) is 9.65. The van der Waals surface area contributed by atoms with E-state index in [1.807, 2.05) is 6.92 Å². The van der Waals surface area contributed by atoms with Crippen molar-refractivity contribution in [3.05, 3.63) is 29.8 Å². The molecule has 0 aliphatic carbocycles. The third kappa shape index (κ3) is 10.5. The molecule has 0 aliphatic heterocycles. The van der Waals surface area contributed by atoms with Crippen LogP contribution < -0.4 is 0 Å². The van der Waals surface area contributed by atoms with Crippen LogP contribution in [0.25, 0.3) is 0 Å². The Bertz CT molecular complexity index is 612. The molecule has 1 aromatic rings. The molecule has 0 amide bonds. The van der Waals surface area contributed by atoms with Crippen molar-refractivity contribution >= 4 is 16.1 Å². The van der Waals surface area contributed by atoms with E-state index in [1.54, 1.807) is 12.1 Å². The third-order valence-corrected chi connectivity index (χ3v) is 4.38. The fourth-order valence-electron chi connectivity index (χ4n) is 1.76. The summed E-state index contributed by atoms with van der Waals surface area (Å²) in [6.45, 7) is 5.31. The molecule has 0 heterocycles. The number of carbonyl (C=O) groups is 1. The summed E-state index contributed by atoms with van der Waals surface area (Å²) in [5.74, 6) is -0.336. The monoisotopic (exact) mass is 390 g/mol. The lowest BCUT2D eigenvalue weighted by molar-refractivity contribution is -0.142. The van der Waals surface area contributed by atoms with Crippen LogP contribution in [0.5, 0.6) is 0 Å². The van der Waals surface area contributed by atoms with Crippen LogP contribution in [0.3, 0.4) is 0 Å². The number of ether oxygens (including phenoxy) is 4. The highest BCUT2D eigenvalue weighted by Gasteiger charge is 2.14.